The van der Waals surface area contributed by atoms with E-state index >= 15 is 0 Å². The lowest BCUT2D eigenvalue weighted by molar-refractivity contribution is -0.123. The zero-order chi connectivity index (χ0) is 48.5. The molecule has 67 heavy (non-hydrogen) atoms. The molecule has 0 spiro atoms. The van der Waals surface area contributed by atoms with E-state index in [1.54, 1.807) is 6.08 Å². The number of carbonyl (C=O) groups is 1. The molecule has 0 saturated carbocycles. The van der Waals surface area contributed by atoms with Gasteiger partial charge in [0.2, 0.25) is 5.91 Å². The van der Waals surface area contributed by atoms with Gasteiger partial charge in [-0.25, -0.2) is 0 Å². The van der Waals surface area contributed by atoms with Gasteiger partial charge in [0.15, 0.2) is 0 Å². The van der Waals surface area contributed by atoms with Crippen LogP contribution in [0, 0.1) is 0 Å². The standard InChI is InChI=1S/C63H107NO3/c1-3-5-7-9-11-13-15-17-19-21-23-25-27-29-31-32-33-35-37-39-41-43-45-47-49-51-53-55-57-59-63(67)64-61(60-65)62(66)58-56-54-52-50-48-46-44-42-40-38-36-34-30-28-26-24-22-20-18-16-14-12-10-8-6-4-2/h5,7,11,13,17,19,23,25,29,31,33,35,39-42,48,50,56,58,61-62,65-66H,3-4,6,8-10,12,14-16,18,20-22,24,26-28,30,32,34,36-38,43-47,49,51-55,57,59-60H2,1-2H3,(H,64,67)/b7-5-,13-11-,19-17-,25-23-,31-29-,35-33-,41-39-,42-40+,50-48+,58-56+. The number of amides is 1. The predicted octanol–water partition coefficient (Wildman–Crippen LogP) is 18.9. The minimum Gasteiger partial charge on any atom is -0.394 e. The normalized spacial score (nSPS) is 13.8. The minimum absolute atomic E-state index is 0.0932. The number of allylic oxidation sites excluding steroid dienone is 19. The molecule has 2 atom stereocenters. The van der Waals surface area contributed by atoms with Crippen molar-refractivity contribution in [2.75, 3.05) is 6.61 Å². The van der Waals surface area contributed by atoms with Gasteiger partial charge in [0.05, 0.1) is 18.8 Å². The van der Waals surface area contributed by atoms with Gasteiger partial charge in [-0.05, 0) is 103 Å². The summed E-state index contributed by atoms with van der Waals surface area (Å²) >= 11 is 0. The molecule has 3 N–H and O–H groups in total. The number of carbonyl (C=O) groups excluding carboxylic acids is 1. The summed E-state index contributed by atoms with van der Waals surface area (Å²) in [5, 5.41) is 23.1. The summed E-state index contributed by atoms with van der Waals surface area (Å²) in [6.45, 7) is 4.18. The third kappa shape index (κ3) is 53.6. The Bertz CT molecular complexity index is 1330. The van der Waals surface area contributed by atoms with E-state index in [1.807, 2.05) is 6.08 Å². The zero-order valence-electron chi connectivity index (χ0n) is 43.9. The topological polar surface area (TPSA) is 69.6 Å². The van der Waals surface area contributed by atoms with E-state index in [1.165, 1.54) is 135 Å². The molecular formula is C63H107NO3. The highest BCUT2D eigenvalue weighted by molar-refractivity contribution is 5.76. The Kier molecular flexibility index (Phi) is 54.4. The Morgan fingerprint density at radius 1 is 0.373 bits per heavy atom. The van der Waals surface area contributed by atoms with E-state index in [9.17, 15) is 15.0 Å². The second-order valence-electron chi connectivity index (χ2n) is 18.6. The summed E-state index contributed by atoms with van der Waals surface area (Å²) in [5.41, 5.74) is 0. The molecule has 2 unspecified atom stereocenters. The van der Waals surface area contributed by atoms with Crippen LogP contribution in [0.2, 0.25) is 0 Å². The Hall–Kier alpha value is -3.21. The molecule has 0 aromatic carbocycles. The van der Waals surface area contributed by atoms with Crippen molar-refractivity contribution in [3.05, 3.63) is 122 Å². The van der Waals surface area contributed by atoms with Gasteiger partial charge < -0.3 is 15.5 Å². The van der Waals surface area contributed by atoms with E-state index in [-0.39, 0.29) is 12.5 Å². The molecule has 4 heteroatoms. The molecular weight excluding hydrogens is 819 g/mol. The molecule has 1 amide bonds. The minimum atomic E-state index is -0.885. The number of nitrogens with one attached hydrogen (secondary N) is 1. The van der Waals surface area contributed by atoms with Crippen LogP contribution in [-0.4, -0.2) is 34.9 Å². The molecule has 0 aromatic heterocycles. The number of aliphatic hydroxyl groups is 2. The van der Waals surface area contributed by atoms with Crippen LogP contribution >= 0.6 is 0 Å². The number of rotatable bonds is 50. The van der Waals surface area contributed by atoms with E-state index < -0.39 is 12.1 Å². The Morgan fingerprint density at radius 3 is 1.04 bits per heavy atom. The van der Waals surface area contributed by atoms with Gasteiger partial charge in [-0.2, -0.15) is 0 Å². The molecule has 0 radical (unpaired) electrons. The lowest BCUT2D eigenvalue weighted by atomic mass is 10.0. The van der Waals surface area contributed by atoms with Crippen LogP contribution in [0.25, 0.3) is 0 Å². The molecule has 0 rings (SSSR count). The molecule has 0 aliphatic rings. The van der Waals surface area contributed by atoms with Gasteiger partial charge in [0.25, 0.3) is 0 Å². The molecule has 382 valence electrons. The van der Waals surface area contributed by atoms with Crippen molar-refractivity contribution in [1.82, 2.24) is 5.32 Å². The third-order valence-electron chi connectivity index (χ3n) is 12.2. The number of aliphatic hydroxyl groups excluding tert-OH is 2. The van der Waals surface area contributed by atoms with Gasteiger partial charge in [-0.1, -0.05) is 264 Å². The second kappa shape index (κ2) is 57.1. The van der Waals surface area contributed by atoms with Gasteiger partial charge in [0, 0.05) is 6.42 Å². The van der Waals surface area contributed by atoms with Crippen LogP contribution in [0.15, 0.2) is 122 Å². The first-order valence-electron chi connectivity index (χ1n) is 28.2. The van der Waals surface area contributed by atoms with Gasteiger partial charge in [0.1, 0.15) is 0 Å². The van der Waals surface area contributed by atoms with Crippen molar-refractivity contribution < 1.29 is 15.0 Å². The highest BCUT2D eigenvalue weighted by Gasteiger charge is 2.17. The molecule has 0 bridgehead atoms. The summed E-state index contributed by atoms with van der Waals surface area (Å²) in [7, 11) is 0. The Balaban J connectivity index is 3.66. The van der Waals surface area contributed by atoms with Crippen molar-refractivity contribution in [1.29, 1.82) is 0 Å². The maximum atomic E-state index is 12.5. The smallest absolute Gasteiger partial charge is 0.220 e. The maximum absolute atomic E-state index is 12.5. The highest BCUT2D eigenvalue weighted by Crippen LogP contribution is 2.15. The Labute approximate surface area is 416 Å². The van der Waals surface area contributed by atoms with Crippen LogP contribution < -0.4 is 5.32 Å². The van der Waals surface area contributed by atoms with Gasteiger partial charge in [-0.3, -0.25) is 4.79 Å². The van der Waals surface area contributed by atoms with E-state index in [0.717, 1.165) is 96.3 Å². The van der Waals surface area contributed by atoms with Crippen molar-refractivity contribution in [3.63, 3.8) is 0 Å². The lowest BCUT2D eigenvalue weighted by Crippen LogP contribution is -2.45. The average Bonchev–Trinajstić information content (AvgIpc) is 3.33. The Morgan fingerprint density at radius 2 is 0.672 bits per heavy atom. The SMILES string of the molecule is CC/C=C\C/C=C\C/C=C\C/C=C\C/C=C\C/C=C\C/C=C\CCCCCCCCCC(=O)NC(CO)C(O)/C=C/CC/C=C/CC/C=C/CCCCCCCCCCCCCCCCCC. The first-order chi connectivity index (χ1) is 33.2. The quantitative estimate of drug-likeness (QED) is 0.0421. The summed E-state index contributed by atoms with van der Waals surface area (Å²) in [6.07, 6.45) is 87.8. The van der Waals surface area contributed by atoms with E-state index in [2.05, 4.69) is 129 Å². The molecule has 0 aliphatic carbocycles. The van der Waals surface area contributed by atoms with Crippen molar-refractivity contribution in [3.8, 4) is 0 Å². The molecule has 0 aliphatic heterocycles. The molecule has 0 heterocycles. The summed E-state index contributed by atoms with van der Waals surface area (Å²) < 4.78 is 0. The largest absolute Gasteiger partial charge is 0.394 e. The van der Waals surface area contributed by atoms with E-state index in [0.29, 0.717) is 6.42 Å². The monoisotopic (exact) mass is 926 g/mol. The molecule has 0 aromatic rings. The zero-order valence-corrected chi connectivity index (χ0v) is 43.9. The van der Waals surface area contributed by atoms with Crippen molar-refractivity contribution in [2.24, 2.45) is 0 Å². The lowest BCUT2D eigenvalue weighted by Gasteiger charge is -2.19. The van der Waals surface area contributed by atoms with Crippen LogP contribution in [0.4, 0.5) is 0 Å². The van der Waals surface area contributed by atoms with Gasteiger partial charge in [-0.15, -0.1) is 0 Å². The van der Waals surface area contributed by atoms with Crippen LogP contribution in [0.1, 0.15) is 251 Å². The number of hydrogen-bond acceptors (Lipinski definition) is 3. The summed E-state index contributed by atoms with van der Waals surface area (Å²) in [4.78, 5) is 12.5. The fourth-order valence-corrected chi connectivity index (χ4v) is 7.90. The number of hydrogen-bond donors (Lipinski definition) is 3. The summed E-state index contributed by atoms with van der Waals surface area (Å²) in [5.74, 6) is -0.0932. The first kappa shape index (κ1) is 63.8. The van der Waals surface area contributed by atoms with Crippen LogP contribution in [-0.2, 0) is 4.79 Å². The highest BCUT2D eigenvalue weighted by atomic mass is 16.3. The molecule has 4 nitrogen and oxygen atoms in total. The molecule has 0 fully saturated rings. The number of unbranched alkanes of at least 4 members (excludes halogenated alkanes) is 25. The van der Waals surface area contributed by atoms with Crippen LogP contribution in [0.5, 0.6) is 0 Å². The van der Waals surface area contributed by atoms with E-state index in [4.69, 9.17) is 0 Å². The molecule has 0 saturated heterocycles. The maximum Gasteiger partial charge on any atom is 0.220 e. The van der Waals surface area contributed by atoms with Gasteiger partial charge >= 0.3 is 0 Å². The van der Waals surface area contributed by atoms with Crippen LogP contribution in [0.3, 0.4) is 0 Å². The fraction of sp³-hybridized carbons (Fsp3) is 0.667. The third-order valence-corrected chi connectivity index (χ3v) is 12.2. The fourth-order valence-electron chi connectivity index (χ4n) is 7.90. The van der Waals surface area contributed by atoms with Crippen molar-refractivity contribution >= 4 is 5.91 Å². The van der Waals surface area contributed by atoms with Crippen molar-refractivity contribution in [2.45, 2.75) is 264 Å². The predicted molar refractivity (Wildman–Crippen MR) is 299 cm³/mol. The summed E-state index contributed by atoms with van der Waals surface area (Å²) in [6, 6.07) is -0.662. The first-order valence-corrected chi connectivity index (χ1v) is 28.2. The average molecular weight is 927 g/mol. The second-order valence-corrected chi connectivity index (χ2v) is 18.6.